The fraction of sp³-hybridized carbons (Fsp3) is 0.613. The lowest BCUT2D eigenvalue weighted by molar-refractivity contribution is -0.149. The van der Waals surface area contributed by atoms with Gasteiger partial charge < -0.3 is 15.8 Å². The van der Waals surface area contributed by atoms with Crippen molar-refractivity contribution in [1.82, 2.24) is 5.32 Å². The Bertz CT molecular complexity index is 731. The molecule has 3 N–H and O–H groups in total. The summed E-state index contributed by atoms with van der Waals surface area (Å²) in [6.45, 7) is 3.02. The fourth-order valence-electron chi connectivity index (χ4n) is 4.04. The molecule has 1 aromatic carbocycles. The Kier molecular flexibility index (Phi) is 20.2. The second-order valence-corrected chi connectivity index (χ2v) is 9.55. The summed E-state index contributed by atoms with van der Waals surface area (Å²) in [5, 5.41) is 2.79. The van der Waals surface area contributed by atoms with Crippen molar-refractivity contribution in [2.45, 2.75) is 116 Å². The number of allylic oxidation sites excluding steroid dienone is 3. The molecule has 0 saturated heterocycles. The summed E-state index contributed by atoms with van der Waals surface area (Å²) in [4.78, 5) is 24.9. The van der Waals surface area contributed by atoms with Gasteiger partial charge in [0.05, 0.1) is 0 Å². The van der Waals surface area contributed by atoms with E-state index in [4.69, 9.17) is 10.5 Å². The molecule has 0 aromatic heterocycles. The topological polar surface area (TPSA) is 81.4 Å². The van der Waals surface area contributed by atoms with Gasteiger partial charge in [0.1, 0.15) is 12.6 Å². The summed E-state index contributed by atoms with van der Waals surface area (Å²) in [5.41, 5.74) is 6.49. The Hall–Kier alpha value is -2.40. The summed E-state index contributed by atoms with van der Waals surface area (Å²) < 4.78 is 5.43. The number of unbranched alkanes of at least 4 members (excludes halogenated alkanes) is 12. The van der Waals surface area contributed by atoms with Gasteiger partial charge in [0.15, 0.2) is 0 Å². The first-order chi connectivity index (χ1) is 17.7. The van der Waals surface area contributed by atoms with Gasteiger partial charge in [0.2, 0.25) is 5.91 Å². The monoisotopic (exact) mass is 498 g/mol. The largest absolute Gasteiger partial charge is 0.459 e. The third kappa shape index (κ3) is 18.0. The van der Waals surface area contributed by atoms with Gasteiger partial charge in [-0.2, -0.15) is 0 Å². The van der Waals surface area contributed by atoms with Crippen LogP contribution in [0.25, 0.3) is 0 Å². The first-order valence-electron chi connectivity index (χ1n) is 14.2. The number of esters is 1. The molecular weight excluding hydrogens is 448 g/mol. The van der Waals surface area contributed by atoms with E-state index < -0.39 is 12.0 Å². The number of ether oxygens (including phenoxy) is 1. The number of carbonyl (C=O) groups excluding carboxylic acids is 2. The Morgan fingerprint density at radius 2 is 1.50 bits per heavy atom. The van der Waals surface area contributed by atoms with Crippen LogP contribution in [0.2, 0.25) is 0 Å². The molecule has 0 radical (unpaired) electrons. The van der Waals surface area contributed by atoms with Gasteiger partial charge >= 0.3 is 5.97 Å². The lowest BCUT2D eigenvalue weighted by Crippen LogP contribution is -2.41. The van der Waals surface area contributed by atoms with Crippen molar-refractivity contribution in [3.8, 4) is 0 Å². The standard InChI is InChI=1S/C31H50N2O3/c1-2-3-4-5-6-7-8-9-10-11-12-13-14-15-19-25-30(34)33-29(24-20-21-26-32)31(35)36-27-28-22-17-16-18-23-28/h14-19,22-23,25,29H,2-13,20-21,24,26-27,32H2,1H3,(H,33,34)/t29-/m0/s1. The van der Waals surface area contributed by atoms with Crippen LogP contribution < -0.4 is 11.1 Å². The van der Waals surface area contributed by atoms with E-state index in [9.17, 15) is 9.59 Å². The fourth-order valence-corrected chi connectivity index (χ4v) is 4.04. The van der Waals surface area contributed by atoms with Crippen LogP contribution in [0.4, 0.5) is 0 Å². The molecule has 0 spiro atoms. The van der Waals surface area contributed by atoms with Gasteiger partial charge in [0, 0.05) is 6.08 Å². The summed E-state index contributed by atoms with van der Waals surface area (Å²) in [5.74, 6) is -0.701. The lowest BCUT2D eigenvalue weighted by atomic mass is 10.1. The molecule has 202 valence electrons. The molecule has 0 fully saturated rings. The van der Waals surface area contributed by atoms with E-state index >= 15 is 0 Å². The highest BCUT2D eigenvalue weighted by Crippen LogP contribution is 2.12. The average Bonchev–Trinajstić information content (AvgIpc) is 2.89. The van der Waals surface area contributed by atoms with Crippen LogP contribution in [0, 0.1) is 0 Å². The Labute approximate surface area is 220 Å². The molecule has 36 heavy (non-hydrogen) atoms. The van der Waals surface area contributed by atoms with Crippen LogP contribution >= 0.6 is 0 Å². The van der Waals surface area contributed by atoms with E-state index in [-0.39, 0.29) is 12.5 Å². The predicted octanol–water partition coefficient (Wildman–Crippen LogP) is 7.16. The summed E-state index contributed by atoms with van der Waals surface area (Å²) >= 11 is 0. The zero-order chi connectivity index (χ0) is 26.1. The highest BCUT2D eigenvalue weighted by Gasteiger charge is 2.21. The predicted molar refractivity (Wildman–Crippen MR) is 150 cm³/mol. The van der Waals surface area contributed by atoms with Crippen molar-refractivity contribution in [2.24, 2.45) is 5.73 Å². The smallest absolute Gasteiger partial charge is 0.328 e. The minimum Gasteiger partial charge on any atom is -0.459 e. The maximum atomic E-state index is 12.6. The second-order valence-electron chi connectivity index (χ2n) is 9.55. The molecule has 1 atom stereocenters. The zero-order valence-electron chi connectivity index (χ0n) is 22.6. The molecular formula is C31H50N2O3. The number of benzene rings is 1. The molecule has 0 aliphatic heterocycles. The number of nitrogens with one attached hydrogen (secondary N) is 1. The highest BCUT2D eigenvalue weighted by molar-refractivity contribution is 5.91. The quantitative estimate of drug-likeness (QED) is 0.0769. The van der Waals surface area contributed by atoms with Crippen LogP contribution in [0.1, 0.15) is 109 Å². The molecule has 0 aliphatic rings. The van der Waals surface area contributed by atoms with E-state index in [1.165, 1.54) is 76.7 Å². The maximum absolute atomic E-state index is 12.6. The van der Waals surface area contributed by atoms with Crippen molar-refractivity contribution < 1.29 is 14.3 Å². The third-order valence-corrected chi connectivity index (χ3v) is 6.24. The number of rotatable bonds is 22. The highest BCUT2D eigenvalue weighted by atomic mass is 16.5. The minimum absolute atomic E-state index is 0.195. The number of nitrogens with two attached hydrogens (primary N) is 1. The number of hydrogen-bond acceptors (Lipinski definition) is 4. The van der Waals surface area contributed by atoms with E-state index in [0.29, 0.717) is 13.0 Å². The van der Waals surface area contributed by atoms with Crippen molar-refractivity contribution in [3.05, 3.63) is 60.2 Å². The van der Waals surface area contributed by atoms with E-state index in [0.717, 1.165) is 24.8 Å². The van der Waals surface area contributed by atoms with Crippen LogP contribution in [-0.2, 0) is 20.9 Å². The Morgan fingerprint density at radius 1 is 0.861 bits per heavy atom. The SMILES string of the molecule is CCCCCCCCCCCCCC=CC=CC(=O)N[C@@H](CCCCN)C(=O)OCc1ccccc1. The van der Waals surface area contributed by atoms with Crippen LogP contribution in [0.5, 0.6) is 0 Å². The van der Waals surface area contributed by atoms with Gasteiger partial charge in [-0.3, -0.25) is 4.79 Å². The maximum Gasteiger partial charge on any atom is 0.328 e. The van der Waals surface area contributed by atoms with Gasteiger partial charge in [-0.1, -0.05) is 120 Å². The Morgan fingerprint density at radius 3 is 2.14 bits per heavy atom. The average molecular weight is 499 g/mol. The van der Waals surface area contributed by atoms with Crippen LogP contribution in [0.15, 0.2) is 54.6 Å². The molecule has 1 rings (SSSR count). The molecule has 5 nitrogen and oxygen atoms in total. The number of amides is 1. The van der Waals surface area contributed by atoms with Gasteiger partial charge in [-0.05, 0) is 44.2 Å². The normalized spacial score (nSPS) is 12.3. The molecule has 5 heteroatoms. The van der Waals surface area contributed by atoms with Crippen molar-refractivity contribution in [2.75, 3.05) is 6.54 Å². The van der Waals surface area contributed by atoms with Gasteiger partial charge in [-0.25, -0.2) is 4.79 Å². The number of hydrogen-bond donors (Lipinski definition) is 2. The zero-order valence-corrected chi connectivity index (χ0v) is 22.6. The molecule has 1 aromatic rings. The third-order valence-electron chi connectivity index (χ3n) is 6.24. The molecule has 0 aliphatic carbocycles. The van der Waals surface area contributed by atoms with Crippen LogP contribution in [-0.4, -0.2) is 24.5 Å². The first kappa shape index (κ1) is 31.6. The molecule has 0 heterocycles. The van der Waals surface area contributed by atoms with Crippen molar-refractivity contribution >= 4 is 11.9 Å². The van der Waals surface area contributed by atoms with E-state index in [1.807, 2.05) is 36.4 Å². The minimum atomic E-state index is -0.669. The van der Waals surface area contributed by atoms with E-state index in [1.54, 1.807) is 6.08 Å². The van der Waals surface area contributed by atoms with Crippen LogP contribution in [0.3, 0.4) is 0 Å². The van der Waals surface area contributed by atoms with Crippen molar-refractivity contribution in [3.63, 3.8) is 0 Å². The summed E-state index contributed by atoms with van der Waals surface area (Å²) in [7, 11) is 0. The van der Waals surface area contributed by atoms with E-state index in [2.05, 4.69) is 18.3 Å². The first-order valence-corrected chi connectivity index (χ1v) is 14.2. The molecule has 0 saturated carbocycles. The van der Waals surface area contributed by atoms with Crippen molar-refractivity contribution in [1.29, 1.82) is 0 Å². The second kappa shape index (κ2) is 23.0. The van der Waals surface area contributed by atoms with Gasteiger partial charge in [0.25, 0.3) is 0 Å². The number of carbonyl (C=O) groups is 2. The Balaban J connectivity index is 2.21. The molecule has 0 bridgehead atoms. The lowest BCUT2D eigenvalue weighted by Gasteiger charge is -2.17. The summed E-state index contributed by atoms with van der Waals surface area (Å²) in [6.07, 6.45) is 25.1. The molecule has 0 unspecified atom stereocenters. The summed E-state index contributed by atoms with van der Waals surface area (Å²) in [6, 6.07) is 8.86. The molecule has 1 amide bonds. The van der Waals surface area contributed by atoms with Gasteiger partial charge in [-0.15, -0.1) is 0 Å².